The van der Waals surface area contributed by atoms with Crippen LogP contribution in [0, 0.1) is 5.92 Å². The summed E-state index contributed by atoms with van der Waals surface area (Å²) in [6, 6.07) is 29.6. The first-order valence-electron chi connectivity index (χ1n) is 14.2. The molecule has 1 unspecified atom stereocenters. The lowest BCUT2D eigenvalue weighted by atomic mass is 10.0. The fraction of sp³-hybridized carbons (Fsp3) is 0.235. The van der Waals surface area contributed by atoms with E-state index in [0.29, 0.717) is 22.2 Å². The zero-order valence-electron chi connectivity index (χ0n) is 24.6. The molecular formula is C34H35Cl2N3O4S. The van der Waals surface area contributed by atoms with Crippen LogP contribution in [0.1, 0.15) is 25.0 Å². The van der Waals surface area contributed by atoms with Gasteiger partial charge in [0.2, 0.25) is 11.8 Å². The summed E-state index contributed by atoms with van der Waals surface area (Å²) in [5.41, 5.74) is 1.82. The number of amides is 2. The third-order valence-electron chi connectivity index (χ3n) is 6.92. The van der Waals surface area contributed by atoms with Gasteiger partial charge in [-0.3, -0.25) is 13.9 Å². The van der Waals surface area contributed by atoms with E-state index in [1.807, 2.05) is 50.2 Å². The number of halogens is 2. The molecule has 7 nitrogen and oxygen atoms in total. The maximum absolute atomic E-state index is 14.4. The van der Waals surface area contributed by atoms with Gasteiger partial charge in [-0.05, 0) is 65.6 Å². The molecule has 0 fully saturated rings. The molecule has 0 heterocycles. The lowest BCUT2D eigenvalue weighted by Gasteiger charge is -2.34. The molecule has 10 heteroatoms. The van der Waals surface area contributed by atoms with Crippen molar-refractivity contribution in [2.75, 3.05) is 17.4 Å². The largest absolute Gasteiger partial charge is 0.354 e. The quantitative estimate of drug-likeness (QED) is 0.176. The van der Waals surface area contributed by atoms with Crippen LogP contribution in [-0.2, 0) is 32.6 Å². The zero-order valence-corrected chi connectivity index (χ0v) is 26.9. The number of rotatable bonds is 13. The Balaban J connectivity index is 1.79. The standard InChI is InChI=1S/C34H35Cl2N3O4S/c1-25(2)22-37-34(41)32(21-26-10-5-3-6-11-26)38(23-27-12-9-13-29(36)20-27)33(40)24-39(30-18-16-28(35)17-19-30)44(42,43)31-14-7-4-8-15-31/h3-20,25,32H,21-24H2,1-2H3,(H,37,41). The van der Waals surface area contributed by atoms with Crippen LogP contribution in [0.4, 0.5) is 5.69 Å². The monoisotopic (exact) mass is 651 g/mol. The molecule has 1 atom stereocenters. The Labute approximate surface area is 269 Å². The number of hydrogen-bond donors (Lipinski definition) is 1. The van der Waals surface area contributed by atoms with Crippen molar-refractivity contribution in [3.05, 3.63) is 130 Å². The first-order valence-corrected chi connectivity index (χ1v) is 16.4. The summed E-state index contributed by atoms with van der Waals surface area (Å²) in [6.07, 6.45) is 0.226. The Kier molecular flexibility index (Phi) is 11.4. The second-order valence-electron chi connectivity index (χ2n) is 10.8. The van der Waals surface area contributed by atoms with Gasteiger partial charge in [-0.2, -0.15) is 0 Å². The Bertz CT molecular complexity index is 1650. The van der Waals surface area contributed by atoms with Crippen molar-refractivity contribution in [1.82, 2.24) is 10.2 Å². The zero-order chi connectivity index (χ0) is 31.7. The SMILES string of the molecule is CC(C)CNC(=O)C(Cc1ccccc1)N(Cc1cccc(Cl)c1)C(=O)CN(c1ccc(Cl)cc1)S(=O)(=O)c1ccccc1. The molecular weight excluding hydrogens is 617 g/mol. The van der Waals surface area contributed by atoms with E-state index in [-0.39, 0.29) is 35.4 Å². The Morgan fingerprint density at radius 2 is 1.39 bits per heavy atom. The second kappa shape index (κ2) is 15.2. The van der Waals surface area contributed by atoms with Crippen LogP contribution in [0.2, 0.25) is 10.0 Å². The van der Waals surface area contributed by atoms with Crippen molar-refractivity contribution >= 4 is 50.7 Å². The minimum absolute atomic E-state index is 0.0275. The molecule has 2 amide bonds. The van der Waals surface area contributed by atoms with Crippen LogP contribution in [0.25, 0.3) is 0 Å². The van der Waals surface area contributed by atoms with E-state index < -0.39 is 28.5 Å². The van der Waals surface area contributed by atoms with Crippen molar-refractivity contribution in [2.45, 2.75) is 37.8 Å². The molecule has 4 aromatic carbocycles. The summed E-state index contributed by atoms with van der Waals surface area (Å²) in [7, 11) is -4.18. The molecule has 0 radical (unpaired) electrons. The summed E-state index contributed by atoms with van der Waals surface area (Å²) >= 11 is 12.4. The molecule has 0 bridgehead atoms. The van der Waals surface area contributed by atoms with Crippen LogP contribution in [-0.4, -0.2) is 44.3 Å². The third-order valence-corrected chi connectivity index (χ3v) is 9.20. The van der Waals surface area contributed by atoms with Gasteiger partial charge in [0.15, 0.2) is 0 Å². The lowest BCUT2D eigenvalue weighted by molar-refractivity contribution is -0.140. The van der Waals surface area contributed by atoms with Crippen LogP contribution in [0.3, 0.4) is 0 Å². The van der Waals surface area contributed by atoms with Crippen molar-refractivity contribution in [1.29, 1.82) is 0 Å². The van der Waals surface area contributed by atoms with Gasteiger partial charge in [0.05, 0.1) is 10.6 Å². The predicted molar refractivity (Wildman–Crippen MR) is 176 cm³/mol. The number of sulfonamides is 1. The summed E-state index contributed by atoms with van der Waals surface area (Å²) in [5.74, 6) is -0.702. The lowest BCUT2D eigenvalue weighted by Crippen LogP contribution is -2.53. The molecule has 0 aromatic heterocycles. The van der Waals surface area contributed by atoms with Crippen molar-refractivity contribution < 1.29 is 18.0 Å². The number of carbonyl (C=O) groups is 2. The van der Waals surface area contributed by atoms with Crippen LogP contribution in [0.5, 0.6) is 0 Å². The van der Waals surface area contributed by atoms with Gasteiger partial charge in [0.25, 0.3) is 10.0 Å². The highest BCUT2D eigenvalue weighted by molar-refractivity contribution is 7.92. The van der Waals surface area contributed by atoms with Crippen LogP contribution < -0.4 is 9.62 Å². The number of carbonyl (C=O) groups excluding carboxylic acids is 2. The van der Waals surface area contributed by atoms with Gasteiger partial charge >= 0.3 is 0 Å². The van der Waals surface area contributed by atoms with Gasteiger partial charge in [-0.25, -0.2) is 8.42 Å². The third kappa shape index (κ3) is 8.85. The molecule has 0 spiro atoms. The van der Waals surface area contributed by atoms with E-state index in [9.17, 15) is 18.0 Å². The number of hydrogen-bond acceptors (Lipinski definition) is 4. The predicted octanol–water partition coefficient (Wildman–Crippen LogP) is 6.60. The highest BCUT2D eigenvalue weighted by Crippen LogP contribution is 2.26. The van der Waals surface area contributed by atoms with E-state index in [4.69, 9.17) is 23.2 Å². The molecule has 0 aliphatic heterocycles. The summed E-state index contributed by atoms with van der Waals surface area (Å²) in [5, 5.41) is 3.88. The maximum atomic E-state index is 14.4. The van der Waals surface area contributed by atoms with Crippen molar-refractivity contribution in [3.8, 4) is 0 Å². The van der Waals surface area contributed by atoms with Gasteiger partial charge in [0.1, 0.15) is 12.6 Å². The first kappa shape index (κ1) is 33.1. The van der Waals surface area contributed by atoms with Gasteiger partial charge < -0.3 is 10.2 Å². The van der Waals surface area contributed by atoms with E-state index in [1.54, 1.807) is 60.7 Å². The van der Waals surface area contributed by atoms with Crippen molar-refractivity contribution in [2.24, 2.45) is 5.92 Å². The highest BCUT2D eigenvalue weighted by Gasteiger charge is 2.34. The van der Waals surface area contributed by atoms with Gasteiger partial charge in [0, 0.05) is 29.6 Å². The Morgan fingerprint density at radius 1 is 0.773 bits per heavy atom. The van der Waals surface area contributed by atoms with E-state index in [1.165, 1.54) is 17.0 Å². The molecule has 4 aromatic rings. The average molecular weight is 653 g/mol. The number of anilines is 1. The summed E-state index contributed by atoms with van der Waals surface area (Å²) in [4.78, 5) is 29.7. The van der Waals surface area contributed by atoms with E-state index in [0.717, 1.165) is 9.87 Å². The molecule has 0 saturated heterocycles. The smallest absolute Gasteiger partial charge is 0.264 e. The van der Waals surface area contributed by atoms with Crippen molar-refractivity contribution in [3.63, 3.8) is 0 Å². The molecule has 230 valence electrons. The molecule has 1 N–H and O–H groups in total. The first-order chi connectivity index (χ1) is 21.0. The normalized spacial score (nSPS) is 12.0. The van der Waals surface area contributed by atoms with Gasteiger partial charge in [-0.15, -0.1) is 0 Å². The molecule has 4 rings (SSSR count). The molecule has 0 aliphatic carbocycles. The average Bonchev–Trinajstić information content (AvgIpc) is 3.01. The summed E-state index contributed by atoms with van der Waals surface area (Å²) < 4.78 is 29.0. The second-order valence-corrected chi connectivity index (χ2v) is 13.5. The number of benzene rings is 4. The summed E-state index contributed by atoms with van der Waals surface area (Å²) in [6.45, 7) is 3.87. The Morgan fingerprint density at radius 3 is 2.00 bits per heavy atom. The Hall–Kier alpha value is -3.85. The maximum Gasteiger partial charge on any atom is 0.264 e. The van der Waals surface area contributed by atoms with Crippen LogP contribution in [0.15, 0.2) is 114 Å². The van der Waals surface area contributed by atoms with E-state index in [2.05, 4.69) is 5.32 Å². The minimum Gasteiger partial charge on any atom is -0.354 e. The molecule has 0 aliphatic rings. The molecule has 0 saturated carbocycles. The number of nitrogens with one attached hydrogen (secondary N) is 1. The minimum atomic E-state index is -4.18. The highest BCUT2D eigenvalue weighted by atomic mass is 35.5. The van der Waals surface area contributed by atoms with Gasteiger partial charge in [-0.1, -0.05) is 97.7 Å². The number of nitrogens with zero attached hydrogens (tertiary/aromatic N) is 2. The van der Waals surface area contributed by atoms with E-state index >= 15 is 0 Å². The van der Waals surface area contributed by atoms with Crippen LogP contribution >= 0.6 is 23.2 Å². The fourth-order valence-corrected chi connectivity index (χ4v) is 6.44. The molecule has 44 heavy (non-hydrogen) atoms. The fourth-order valence-electron chi connectivity index (χ4n) is 4.66. The topological polar surface area (TPSA) is 86.8 Å².